The van der Waals surface area contributed by atoms with E-state index in [1.165, 1.54) is 17.0 Å². The summed E-state index contributed by atoms with van der Waals surface area (Å²) < 4.78 is 10.3. The van der Waals surface area contributed by atoms with Gasteiger partial charge in [-0.1, -0.05) is 41.4 Å². The average molecular weight is 397 g/mol. The van der Waals surface area contributed by atoms with E-state index >= 15 is 0 Å². The second-order valence-electron chi connectivity index (χ2n) is 5.49. The van der Waals surface area contributed by atoms with Crippen molar-refractivity contribution in [1.82, 2.24) is 4.90 Å². The number of carbonyl (C=O) groups is 2. The SMILES string of the molecule is COc1ccccc1CN(C)C(=O)COC(=O)c1cc(Cl)cc(Cl)c1N. The van der Waals surface area contributed by atoms with Crippen LogP contribution < -0.4 is 10.5 Å². The molecule has 6 nitrogen and oxygen atoms in total. The number of methoxy groups -OCH3 is 1. The molecule has 0 aliphatic rings. The molecule has 0 atom stereocenters. The highest BCUT2D eigenvalue weighted by Crippen LogP contribution is 2.28. The number of nitrogens with zero attached hydrogens (tertiary/aromatic N) is 1. The lowest BCUT2D eigenvalue weighted by molar-refractivity contribution is -0.133. The number of amides is 1. The molecule has 0 bridgehead atoms. The van der Waals surface area contributed by atoms with Gasteiger partial charge in [0.25, 0.3) is 5.91 Å². The molecule has 0 radical (unpaired) electrons. The van der Waals surface area contributed by atoms with Crippen molar-refractivity contribution in [1.29, 1.82) is 0 Å². The first kappa shape index (κ1) is 19.9. The Labute approximate surface area is 161 Å². The summed E-state index contributed by atoms with van der Waals surface area (Å²) in [5.41, 5.74) is 6.66. The molecule has 0 aromatic heterocycles. The lowest BCUT2D eigenvalue weighted by atomic mass is 10.2. The minimum Gasteiger partial charge on any atom is -0.496 e. The van der Waals surface area contributed by atoms with Crippen LogP contribution in [0.4, 0.5) is 5.69 Å². The monoisotopic (exact) mass is 396 g/mol. The Morgan fingerprint density at radius 1 is 1.19 bits per heavy atom. The van der Waals surface area contributed by atoms with Gasteiger partial charge < -0.3 is 20.1 Å². The Bertz CT molecular complexity index is 827. The molecule has 0 unspecified atom stereocenters. The van der Waals surface area contributed by atoms with Crippen molar-refractivity contribution in [2.24, 2.45) is 0 Å². The van der Waals surface area contributed by atoms with E-state index in [0.29, 0.717) is 12.3 Å². The van der Waals surface area contributed by atoms with Crippen LogP contribution in [0, 0.1) is 0 Å². The number of nitrogens with two attached hydrogens (primary N) is 1. The molecule has 2 aromatic rings. The van der Waals surface area contributed by atoms with Crippen LogP contribution in [0.5, 0.6) is 5.75 Å². The number of benzene rings is 2. The van der Waals surface area contributed by atoms with Gasteiger partial charge >= 0.3 is 5.97 Å². The quantitative estimate of drug-likeness (QED) is 0.597. The van der Waals surface area contributed by atoms with Crippen LogP contribution >= 0.6 is 23.2 Å². The fraction of sp³-hybridized carbons (Fsp3) is 0.222. The molecule has 0 saturated carbocycles. The molecule has 0 aliphatic carbocycles. The van der Waals surface area contributed by atoms with Crippen LogP contribution in [0.25, 0.3) is 0 Å². The summed E-state index contributed by atoms with van der Waals surface area (Å²) in [6.45, 7) is -0.125. The Balaban J connectivity index is 1.98. The Morgan fingerprint density at radius 3 is 2.58 bits per heavy atom. The number of nitrogen functional groups attached to an aromatic ring is 1. The molecular formula is C18H18Cl2N2O4. The summed E-state index contributed by atoms with van der Waals surface area (Å²) in [6.07, 6.45) is 0. The zero-order valence-electron chi connectivity index (χ0n) is 14.3. The molecule has 2 aromatic carbocycles. The minimum atomic E-state index is -0.772. The molecular weight excluding hydrogens is 379 g/mol. The summed E-state index contributed by atoms with van der Waals surface area (Å²) in [5.74, 6) is -0.479. The second-order valence-corrected chi connectivity index (χ2v) is 6.33. The number of rotatable bonds is 6. The molecule has 0 spiro atoms. The van der Waals surface area contributed by atoms with Gasteiger partial charge in [-0.2, -0.15) is 0 Å². The number of carbonyl (C=O) groups excluding carboxylic acids is 2. The molecule has 0 aliphatic heterocycles. The summed E-state index contributed by atoms with van der Waals surface area (Å²) in [7, 11) is 3.16. The van der Waals surface area contributed by atoms with Crippen molar-refractivity contribution in [2.45, 2.75) is 6.54 Å². The molecule has 0 heterocycles. The fourth-order valence-electron chi connectivity index (χ4n) is 2.25. The maximum absolute atomic E-state index is 12.2. The number of hydrogen-bond donors (Lipinski definition) is 1. The van der Waals surface area contributed by atoms with Gasteiger partial charge in [0.15, 0.2) is 6.61 Å². The Kier molecular flexibility index (Phi) is 6.71. The third-order valence-electron chi connectivity index (χ3n) is 3.67. The van der Waals surface area contributed by atoms with Gasteiger partial charge in [0, 0.05) is 24.2 Å². The van der Waals surface area contributed by atoms with Gasteiger partial charge in [-0.25, -0.2) is 4.79 Å². The highest BCUT2D eigenvalue weighted by Gasteiger charge is 2.18. The standard InChI is InChI=1S/C18H18Cl2N2O4/c1-22(9-11-5-3-4-6-15(11)25-2)16(23)10-26-18(24)13-7-12(19)8-14(20)17(13)21/h3-8H,9-10,21H2,1-2H3. The van der Waals surface area contributed by atoms with E-state index in [2.05, 4.69) is 0 Å². The zero-order chi connectivity index (χ0) is 19.3. The summed E-state index contributed by atoms with van der Waals surface area (Å²) in [5, 5.41) is 0.389. The first-order chi connectivity index (χ1) is 12.3. The predicted molar refractivity (Wildman–Crippen MR) is 101 cm³/mol. The van der Waals surface area contributed by atoms with Gasteiger partial charge in [-0.3, -0.25) is 4.79 Å². The van der Waals surface area contributed by atoms with Crippen molar-refractivity contribution in [3.63, 3.8) is 0 Å². The Morgan fingerprint density at radius 2 is 1.88 bits per heavy atom. The van der Waals surface area contributed by atoms with Gasteiger partial charge in [-0.05, 0) is 18.2 Å². The van der Waals surface area contributed by atoms with Crippen LogP contribution in [0.2, 0.25) is 10.0 Å². The van der Waals surface area contributed by atoms with E-state index in [9.17, 15) is 9.59 Å². The molecule has 8 heteroatoms. The number of ether oxygens (including phenoxy) is 2. The highest BCUT2D eigenvalue weighted by molar-refractivity contribution is 6.37. The minimum absolute atomic E-state index is 0.0164. The van der Waals surface area contributed by atoms with Crippen LogP contribution in [0.15, 0.2) is 36.4 Å². The molecule has 1 amide bonds. The van der Waals surface area contributed by atoms with Gasteiger partial charge in [0.05, 0.1) is 23.4 Å². The van der Waals surface area contributed by atoms with Crippen LogP contribution in [0.3, 0.4) is 0 Å². The summed E-state index contributed by atoms with van der Waals surface area (Å²) in [4.78, 5) is 25.8. The normalized spacial score (nSPS) is 10.3. The highest BCUT2D eigenvalue weighted by atomic mass is 35.5. The van der Waals surface area contributed by atoms with E-state index < -0.39 is 12.6 Å². The molecule has 26 heavy (non-hydrogen) atoms. The van der Waals surface area contributed by atoms with Crippen LogP contribution in [-0.2, 0) is 16.1 Å². The molecule has 2 rings (SSSR count). The van der Waals surface area contributed by atoms with Crippen LogP contribution in [-0.4, -0.2) is 37.5 Å². The second kappa shape index (κ2) is 8.78. The topological polar surface area (TPSA) is 81.9 Å². The van der Waals surface area contributed by atoms with Gasteiger partial charge in [0.1, 0.15) is 5.75 Å². The lowest BCUT2D eigenvalue weighted by Gasteiger charge is -2.19. The predicted octanol–water partition coefficient (Wildman–Crippen LogP) is 3.40. The van der Waals surface area contributed by atoms with Crippen molar-refractivity contribution in [3.8, 4) is 5.75 Å². The number of esters is 1. The Hall–Kier alpha value is -2.44. The van der Waals surface area contributed by atoms with Crippen molar-refractivity contribution in [3.05, 3.63) is 57.6 Å². The molecule has 0 fully saturated rings. The number of anilines is 1. The van der Waals surface area contributed by atoms with E-state index in [-0.39, 0.29) is 27.2 Å². The zero-order valence-corrected chi connectivity index (χ0v) is 15.8. The third-order valence-corrected chi connectivity index (χ3v) is 4.20. The maximum atomic E-state index is 12.2. The molecule has 138 valence electrons. The molecule has 0 saturated heterocycles. The number of halogens is 2. The third kappa shape index (κ3) is 4.80. The molecule has 2 N–H and O–H groups in total. The van der Waals surface area contributed by atoms with E-state index in [1.807, 2.05) is 18.2 Å². The van der Waals surface area contributed by atoms with Crippen LogP contribution in [0.1, 0.15) is 15.9 Å². The van der Waals surface area contributed by atoms with Crippen molar-refractivity contribution < 1.29 is 19.1 Å². The maximum Gasteiger partial charge on any atom is 0.340 e. The summed E-state index contributed by atoms with van der Waals surface area (Å²) in [6, 6.07) is 10.1. The van der Waals surface area contributed by atoms with E-state index in [4.69, 9.17) is 38.4 Å². The van der Waals surface area contributed by atoms with Crippen molar-refractivity contribution in [2.75, 3.05) is 26.5 Å². The summed E-state index contributed by atoms with van der Waals surface area (Å²) >= 11 is 11.8. The average Bonchev–Trinajstić information content (AvgIpc) is 2.62. The number of hydrogen-bond acceptors (Lipinski definition) is 5. The smallest absolute Gasteiger partial charge is 0.340 e. The van der Waals surface area contributed by atoms with E-state index in [0.717, 1.165) is 5.56 Å². The first-order valence-electron chi connectivity index (χ1n) is 7.61. The first-order valence-corrected chi connectivity index (χ1v) is 8.36. The van der Waals surface area contributed by atoms with E-state index in [1.54, 1.807) is 20.2 Å². The van der Waals surface area contributed by atoms with Gasteiger partial charge in [0.2, 0.25) is 0 Å². The van der Waals surface area contributed by atoms with Crippen molar-refractivity contribution >= 4 is 40.8 Å². The number of likely N-dealkylation sites (N-methyl/N-ethyl adjacent to an activating group) is 1. The fourth-order valence-corrected chi connectivity index (χ4v) is 2.74. The largest absolute Gasteiger partial charge is 0.496 e. The van der Waals surface area contributed by atoms with Gasteiger partial charge in [-0.15, -0.1) is 0 Å². The number of para-hydroxylation sites is 1. The lowest BCUT2D eigenvalue weighted by Crippen LogP contribution is -2.31.